The third-order valence-corrected chi connectivity index (χ3v) is 3.46. The first-order valence-corrected chi connectivity index (χ1v) is 6.41. The average Bonchev–Trinajstić information content (AvgIpc) is 2.92. The van der Waals surface area contributed by atoms with Crippen molar-refractivity contribution in [2.45, 2.75) is 32.6 Å². The Hall–Kier alpha value is -1.65. The van der Waals surface area contributed by atoms with Crippen molar-refractivity contribution in [1.29, 1.82) is 0 Å². The van der Waals surface area contributed by atoms with E-state index in [0.717, 1.165) is 25.7 Å². The van der Waals surface area contributed by atoms with Gasteiger partial charge in [-0.1, -0.05) is 0 Å². The smallest absolute Gasteiger partial charge is 0.308 e. The van der Waals surface area contributed by atoms with Gasteiger partial charge in [-0.15, -0.1) is 0 Å². The van der Waals surface area contributed by atoms with Crippen LogP contribution in [0.15, 0.2) is 18.7 Å². The fourth-order valence-electron chi connectivity index (χ4n) is 2.44. The molecule has 1 fully saturated rings. The molecular weight excluding hydrogens is 232 g/mol. The van der Waals surface area contributed by atoms with Gasteiger partial charge in [0.05, 0.1) is 12.5 Å². The van der Waals surface area contributed by atoms with E-state index < -0.39 is 0 Å². The topological polar surface area (TPSA) is 61.2 Å². The Morgan fingerprint density at radius 2 is 1.94 bits per heavy atom. The SMILES string of the molecule is CCOC(=O)C1CCC(C(=O)n2ccnc2)CC1. The highest BCUT2D eigenvalue weighted by Gasteiger charge is 2.31. The van der Waals surface area contributed by atoms with Crippen molar-refractivity contribution in [2.24, 2.45) is 11.8 Å². The number of hydrogen-bond acceptors (Lipinski definition) is 4. The van der Waals surface area contributed by atoms with E-state index in [1.54, 1.807) is 12.4 Å². The van der Waals surface area contributed by atoms with Gasteiger partial charge in [-0.05, 0) is 32.6 Å². The maximum absolute atomic E-state index is 12.1. The van der Waals surface area contributed by atoms with Gasteiger partial charge in [-0.25, -0.2) is 4.98 Å². The minimum atomic E-state index is -0.119. The lowest BCUT2D eigenvalue weighted by Gasteiger charge is -2.26. The van der Waals surface area contributed by atoms with E-state index in [9.17, 15) is 9.59 Å². The van der Waals surface area contributed by atoms with Crippen LogP contribution in [0.1, 0.15) is 37.4 Å². The molecule has 1 aliphatic carbocycles. The predicted molar refractivity (Wildman–Crippen MR) is 64.9 cm³/mol. The molecule has 0 N–H and O–H groups in total. The van der Waals surface area contributed by atoms with Gasteiger partial charge in [0, 0.05) is 18.3 Å². The molecule has 1 aromatic heterocycles. The Labute approximate surface area is 106 Å². The fourth-order valence-corrected chi connectivity index (χ4v) is 2.44. The molecule has 0 spiro atoms. The average molecular weight is 250 g/mol. The number of hydrogen-bond donors (Lipinski definition) is 0. The minimum absolute atomic E-state index is 0.00452. The normalized spacial score (nSPS) is 23.6. The highest BCUT2D eigenvalue weighted by Crippen LogP contribution is 2.30. The van der Waals surface area contributed by atoms with Crippen molar-refractivity contribution in [2.75, 3.05) is 6.61 Å². The first kappa shape index (κ1) is 12.8. The fraction of sp³-hybridized carbons (Fsp3) is 0.615. The Morgan fingerprint density at radius 3 is 2.50 bits per heavy atom. The molecule has 0 radical (unpaired) electrons. The van der Waals surface area contributed by atoms with Crippen molar-refractivity contribution in [3.05, 3.63) is 18.7 Å². The summed E-state index contributed by atoms with van der Waals surface area (Å²) in [5.41, 5.74) is 0. The molecule has 0 bridgehead atoms. The zero-order valence-electron chi connectivity index (χ0n) is 10.5. The van der Waals surface area contributed by atoms with Crippen LogP contribution in [0.2, 0.25) is 0 Å². The van der Waals surface area contributed by atoms with Gasteiger partial charge >= 0.3 is 5.97 Å². The standard InChI is InChI=1S/C13H18N2O3/c1-2-18-13(17)11-5-3-10(4-6-11)12(16)15-8-7-14-9-15/h7-11H,2-6H2,1H3. The van der Waals surface area contributed by atoms with Crippen molar-refractivity contribution in [1.82, 2.24) is 9.55 Å². The van der Waals surface area contributed by atoms with E-state index in [4.69, 9.17) is 4.74 Å². The maximum Gasteiger partial charge on any atom is 0.308 e. The van der Waals surface area contributed by atoms with Crippen LogP contribution in [0.5, 0.6) is 0 Å². The summed E-state index contributed by atoms with van der Waals surface area (Å²) in [7, 11) is 0. The van der Waals surface area contributed by atoms with Crippen molar-refractivity contribution in [3.8, 4) is 0 Å². The second-order valence-corrected chi connectivity index (χ2v) is 4.61. The monoisotopic (exact) mass is 250 g/mol. The summed E-state index contributed by atoms with van der Waals surface area (Å²) in [6.45, 7) is 2.23. The summed E-state index contributed by atoms with van der Waals surface area (Å²) >= 11 is 0. The summed E-state index contributed by atoms with van der Waals surface area (Å²) in [6.07, 6.45) is 7.77. The summed E-state index contributed by atoms with van der Waals surface area (Å²) in [6, 6.07) is 0. The molecule has 1 heterocycles. The summed E-state index contributed by atoms with van der Waals surface area (Å²) in [5.74, 6) is -0.0671. The number of imidazole rings is 1. The molecule has 1 saturated carbocycles. The van der Waals surface area contributed by atoms with Crippen LogP contribution < -0.4 is 0 Å². The first-order chi connectivity index (χ1) is 8.72. The van der Waals surface area contributed by atoms with Crippen LogP contribution in [0.25, 0.3) is 0 Å². The van der Waals surface area contributed by atoms with E-state index in [1.165, 1.54) is 10.9 Å². The molecule has 0 aliphatic heterocycles. The van der Waals surface area contributed by atoms with Crippen LogP contribution in [0, 0.1) is 11.8 Å². The molecule has 18 heavy (non-hydrogen) atoms. The number of ether oxygens (including phenoxy) is 1. The van der Waals surface area contributed by atoms with E-state index in [1.807, 2.05) is 6.92 Å². The van der Waals surface area contributed by atoms with E-state index in [2.05, 4.69) is 4.98 Å². The lowest BCUT2D eigenvalue weighted by atomic mass is 9.81. The third-order valence-electron chi connectivity index (χ3n) is 3.46. The van der Waals surface area contributed by atoms with E-state index in [0.29, 0.717) is 6.61 Å². The van der Waals surface area contributed by atoms with Crippen molar-refractivity contribution in [3.63, 3.8) is 0 Å². The van der Waals surface area contributed by atoms with Gasteiger partial charge in [0.1, 0.15) is 6.33 Å². The van der Waals surface area contributed by atoms with Gasteiger partial charge in [-0.2, -0.15) is 0 Å². The lowest BCUT2D eigenvalue weighted by Crippen LogP contribution is -2.29. The molecular formula is C13H18N2O3. The molecule has 1 aromatic rings. The molecule has 1 aliphatic rings. The molecule has 5 nitrogen and oxygen atoms in total. The van der Waals surface area contributed by atoms with Crippen LogP contribution in [0.3, 0.4) is 0 Å². The zero-order chi connectivity index (χ0) is 13.0. The van der Waals surface area contributed by atoms with Crippen LogP contribution >= 0.6 is 0 Å². The Balaban J connectivity index is 1.87. The predicted octanol–water partition coefficient (Wildman–Crippen LogP) is 1.89. The summed E-state index contributed by atoms with van der Waals surface area (Å²) in [5, 5.41) is 0. The Bertz CT molecular complexity index is 406. The molecule has 2 rings (SSSR count). The lowest BCUT2D eigenvalue weighted by molar-refractivity contribution is -0.149. The molecule has 0 saturated heterocycles. The van der Waals surface area contributed by atoms with E-state index >= 15 is 0 Å². The highest BCUT2D eigenvalue weighted by atomic mass is 16.5. The van der Waals surface area contributed by atoms with Gasteiger partial charge in [0.15, 0.2) is 0 Å². The van der Waals surface area contributed by atoms with Crippen LogP contribution in [-0.4, -0.2) is 28.0 Å². The van der Waals surface area contributed by atoms with Crippen LogP contribution in [-0.2, 0) is 9.53 Å². The maximum atomic E-state index is 12.1. The van der Waals surface area contributed by atoms with Crippen molar-refractivity contribution < 1.29 is 14.3 Å². The number of esters is 1. The van der Waals surface area contributed by atoms with Crippen LogP contribution in [0.4, 0.5) is 0 Å². The number of carbonyl (C=O) groups excluding carboxylic acids is 2. The number of carbonyl (C=O) groups is 2. The van der Waals surface area contributed by atoms with E-state index in [-0.39, 0.29) is 23.7 Å². The highest BCUT2D eigenvalue weighted by molar-refractivity contribution is 5.81. The van der Waals surface area contributed by atoms with Gasteiger partial charge < -0.3 is 4.74 Å². The molecule has 0 aromatic carbocycles. The Morgan fingerprint density at radius 1 is 1.28 bits per heavy atom. The largest absolute Gasteiger partial charge is 0.466 e. The summed E-state index contributed by atoms with van der Waals surface area (Å²) < 4.78 is 6.53. The quantitative estimate of drug-likeness (QED) is 0.769. The second-order valence-electron chi connectivity index (χ2n) is 4.61. The molecule has 0 amide bonds. The summed E-state index contributed by atoms with van der Waals surface area (Å²) in [4.78, 5) is 27.5. The minimum Gasteiger partial charge on any atom is -0.466 e. The van der Waals surface area contributed by atoms with Gasteiger partial charge in [0.2, 0.25) is 5.91 Å². The second kappa shape index (κ2) is 5.80. The van der Waals surface area contributed by atoms with Gasteiger partial charge in [-0.3, -0.25) is 14.2 Å². The first-order valence-electron chi connectivity index (χ1n) is 6.41. The number of nitrogens with zero attached hydrogens (tertiary/aromatic N) is 2. The van der Waals surface area contributed by atoms with Gasteiger partial charge in [0.25, 0.3) is 0 Å². The number of rotatable bonds is 3. The zero-order valence-corrected chi connectivity index (χ0v) is 10.5. The van der Waals surface area contributed by atoms with Crippen molar-refractivity contribution >= 4 is 11.9 Å². The molecule has 0 atom stereocenters. The molecule has 5 heteroatoms. The molecule has 0 unspecified atom stereocenters. The third kappa shape index (κ3) is 2.78. The number of aromatic nitrogens is 2. The molecule has 98 valence electrons. The Kier molecular flexibility index (Phi) is 4.12.